The number of hydrogen-bond donors (Lipinski definition) is 2. The van der Waals surface area contributed by atoms with Gasteiger partial charge in [0.25, 0.3) is 0 Å². The number of anilines is 1. The molecule has 1 aromatic carbocycles. The summed E-state index contributed by atoms with van der Waals surface area (Å²) in [5, 5.41) is 6.03. The summed E-state index contributed by atoms with van der Waals surface area (Å²) in [6.07, 6.45) is 3.85. The summed E-state index contributed by atoms with van der Waals surface area (Å²) in [6.45, 7) is 12.0. The van der Waals surface area contributed by atoms with Crippen LogP contribution in [0.15, 0.2) is 24.3 Å². The van der Waals surface area contributed by atoms with E-state index < -0.39 is 0 Å². The lowest BCUT2D eigenvalue weighted by Gasteiger charge is -2.49. The highest BCUT2D eigenvalue weighted by Gasteiger charge is 2.38. The number of rotatable bonds is 4. The van der Waals surface area contributed by atoms with Crippen LogP contribution in [0, 0.1) is 11.8 Å². The summed E-state index contributed by atoms with van der Waals surface area (Å²) < 4.78 is 0. The number of fused-ring (bicyclic) bond motifs is 3. The first-order valence-electron chi connectivity index (χ1n) is 9.76. The summed E-state index contributed by atoms with van der Waals surface area (Å²) in [5.41, 5.74) is 2.25. The Morgan fingerprint density at radius 2 is 1.96 bits per heavy atom. The van der Waals surface area contributed by atoms with Gasteiger partial charge in [-0.05, 0) is 54.3 Å². The maximum Gasteiger partial charge on any atom is 0.319 e. The van der Waals surface area contributed by atoms with Crippen molar-refractivity contribution < 1.29 is 4.79 Å². The van der Waals surface area contributed by atoms with Gasteiger partial charge >= 0.3 is 6.03 Å². The van der Waals surface area contributed by atoms with Gasteiger partial charge in [0.2, 0.25) is 0 Å². The highest BCUT2D eigenvalue weighted by molar-refractivity contribution is 5.89. The fourth-order valence-electron chi connectivity index (χ4n) is 4.36. The number of carbonyl (C=O) groups excluding carboxylic acids is 1. The van der Waals surface area contributed by atoms with Crippen LogP contribution >= 0.6 is 0 Å². The van der Waals surface area contributed by atoms with E-state index in [1.54, 1.807) is 0 Å². The topological polar surface area (TPSA) is 44.4 Å². The maximum atomic E-state index is 12.2. The largest absolute Gasteiger partial charge is 0.336 e. The van der Waals surface area contributed by atoms with E-state index in [9.17, 15) is 4.79 Å². The number of nitrogens with one attached hydrogen (secondary N) is 2. The molecule has 4 heteroatoms. The smallest absolute Gasteiger partial charge is 0.319 e. The first-order chi connectivity index (χ1) is 11.9. The van der Waals surface area contributed by atoms with E-state index in [1.165, 1.54) is 37.9 Å². The van der Waals surface area contributed by atoms with Gasteiger partial charge in [0, 0.05) is 24.8 Å². The van der Waals surface area contributed by atoms with E-state index in [-0.39, 0.29) is 11.4 Å². The van der Waals surface area contributed by atoms with E-state index in [0.29, 0.717) is 6.04 Å². The first kappa shape index (κ1) is 18.2. The van der Waals surface area contributed by atoms with Crippen LogP contribution in [-0.2, 0) is 5.41 Å². The molecule has 1 aromatic rings. The highest BCUT2D eigenvalue weighted by atomic mass is 16.2. The predicted octanol–water partition coefficient (Wildman–Crippen LogP) is 4.23. The Hall–Kier alpha value is -1.55. The zero-order chi connectivity index (χ0) is 18.0. The van der Waals surface area contributed by atoms with Crippen LogP contribution in [-0.4, -0.2) is 36.6 Å². The molecule has 3 aliphatic rings. The molecule has 0 aliphatic carbocycles. The van der Waals surface area contributed by atoms with Gasteiger partial charge in [-0.2, -0.15) is 0 Å². The van der Waals surface area contributed by atoms with Crippen LogP contribution in [0.25, 0.3) is 0 Å². The molecule has 0 aromatic heterocycles. The third kappa shape index (κ3) is 4.35. The molecule has 3 fully saturated rings. The third-order valence-electron chi connectivity index (χ3n) is 6.05. The van der Waals surface area contributed by atoms with Crippen molar-refractivity contribution >= 4 is 11.7 Å². The van der Waals surface area contributed by atoms with Crippen molar-refractivity contribution in [1.82, 2.24) is 10.2 Å². The van der Waals surface area contributed by atoms with Gasteiger partial charge in [-0.25, -0.2) is 4.79 Å². The van der Waals surface area contributed by atoms with E-state index in [2.05, 4.69) is 55.4 Å². The third-order valence-corrected chi connectivity index (χ3v) is 6.05. The molecule has 4 atom stereocenters. The van der Waals surface area contributed by atoms with Crippen LogP contribution in [0.3, 0.4) is 0 Å². The Balaban J connectivity index is 1.47. The summed E-state index contributed by atoms with van der Waals surface area (Å²) in [7, 11) is 0. The van der Waals surface area contributed by atoms with Crippen LogP contribution in [0.2, 0.25) is 0 Å². The minimum atomic E-state index is -0.0989. The molecule has 25 heavy (non-hydrogen) atoms. The summed E-state index contributed by atoms with van der Waals surface area (Å²) >= 11 is 0. The zero-order valence-electron chi connectivity index (χ0n) is 16.1. The number of amides is 2. The van der Waals surface area contributed by atoms with Crippen molar-refractivity contribution in [3.63, 3.8) is 0 Å². The van der Waals surface area contributed by atoms with E-state index in [1.807, 2.05) is 12.1 Å². The fourth-order valence-corrected chi connectivity index (χ4v) is 4.36. The second-order valence-electron chi connectivity index (χ2n) is 8.76. The van der Waals surface area contributed by atoms with Gasteiger partial charge in [-0.1, -0.05) is 46.2 Å². The van der Waals surface area contributed by atoms with Gasteiger partial charge < -0.3 is 10.6 Å². The predicted molar refractivity (Wildman–Crippen MR) is 104 cm³/mol. The number of hydrogen-bond acceptors (Lipinski definition) is 2. The molecule has 0 saturated carbocycles. The minimum Gasteiger partial charge on any atom is -0.336 e. The lowest BCUT2D eigenvalue weighted by molar-refractivity contribution is 0.00159. The first-order valence-corrected chi connectivity index (χ1v) is 9.76. The summed E-state index contributed by atoms with van der Waals surface area (Å²) in [5.74, 6) is 1.72. The summed E-state index contributed by atoms with van der Waals surface area (Å²) in [6, 6.07) is 8.56. The second kappa shape index (κ2) is 7.36. The van der Waals surface area contributed by atoms with Crippen LogP contribution in [0.5, 0.6) is 0 Å². The van der Waals surface area contributed by atoms with Crippen molar-refractivity contribution in [3.05, 3.63) is 29.8 Å². The molecule has 3 heterocycles. The molecule has 3 aliphatic heterocycles. The van der Waals surface area contributed by atoms with Crippen molar-refractivity contribution in [2.45, 2.75) is 58.4 Å². The van der Waals surface area contributed by atoms with Gasteiger partial charge in [0.05, 0.1) is 0 Å². The SMILES string of the molecule is CC[C@@H]1CN2CC[C@H]1C[C@@H]2CNC(=O)Nc1ccc(C(C)(C)C)cc1. The Kier molecular flexibility index (Phi) is 5.38. The molecular formula is C21H33N3O. The number of urea groups is 1. The average molecular weight is 344 g/mol. The Morgan fingerprint density at radius 3 is 2.52 bits per heavy atom. The van der Waals surface area contributed by atoms with E-state index >= 15 is 0 Å². The minimum absolute atomic E-state index is 0.0989. The fraction of sp³-hybridized carbons (Fsp3) is 0.667. The van der Waals surface area contributed by atoms with Crippen LogP contribution < -0.4 is 10.6 Å². The molecule has 2 N–H and O–H groups in total. The lowest BCUT2D eigenvalue weighted by Crippen LogP contribution is -2.56. The molecule has 1 unspecified atom stereocenters. The average Bonchev–Trinajstić information content (AvgIpc) is 2.60. The molecular weight excluding hydrogens is 310 g/mol. The monoisotopic (exact) mass is 343 g/mol. The molecule has 0 spiro atoms. The van der Waals surface area contributed by atoms with E-state index in [0.717, 1.165) is 24.1 Å². The Labute approximate surface area is 152 Å². The molecule has 138 valence electrons. The van der Waals surface area contributed by atoms with Crippen LogP contribution in [0.4, 0.5) is 10.5 Å². The van der Waals surface area contributed by atoms with Gasteiger partial charge in [-0.3, -0.25) is 4.90 Å². The number of nitrogens with zero attached hydrogens (tertiary/aromatic N) is 1. The molecule has 2 bridgehead atoms. The Morgan fingerprint density at radius 1 is 1.24 bits per heavy atom. The normalized spacial score (nSPS) is 28.6. The van der Waals surface area contributed by atoms with Crippen LogP contribution in [0.1, 0.15) is 52.5 Å². The maximum absolute atomic E-state index is 12.2. The standard InChI is InChI=1S/C21H33N3O/c1-5-15-14-24-11-10-16(15)12-19(24)13-22-20(25)23-18-8-6-17(7-9-18)21(2,3)4/h6-9,15-16,19H,5,10-14H2,1-4H3,(H2,22,23,25)/t15-,16+,19-/m1/s1. The highest BCUT2D eigenvalue weighted by Crippen LogP contribution is 2.37. The zero-order valence-corrected chi connectivity index (χ0v) is 16.1. The quantitative estimate of drug-likeness (QED) is 0.859. The molecule has 4 nitrogen and oxygen atoms in total. The molecule has 4 rings (SSSR count). The van der Waals surface area contributed by atoms with Gasteiger partial charge in [-0.15, -0.1) is 0 Å². The van der Waals surface area contributed by atoms with Crippen molar-refractivity contribution in [3.8, 4) is 0 Å². The van der Waals surface area contributed by atoms with Crippen molar-refractivity contribution in [2.75, 3.05) is 25.0 Å². The molecule has 3 saturated heterocycles. The molecule has 2 amide bonds. The number of benzene rings is 1. The summed E-state index contributed by atoms with van der Waals surface area (Å²) in [4.78, 5) is 14.8. The van der Waals surface area contributed by atoms with E-state index in [4.69, 9.17) is 0 Å². The lowest BCUT2D eigenvalue weighted by atomic mass is 9.74. The second-order valence-corrected chi connectivity index (χ2v) is 8.76. The number of piperidine rings is 3. The Bertz CT molecular complexity index is 590. The van der Waals surface area contributed by atoms with Gasteiger partial charge in [0.1, 0.15) is 0 Å². The molecule has 0 radical (unpaired) electrons. The van der Waals surface area contributed by atoms with Crippen molar-refractivity contribution in [2.24, 2.45) is 11.8 Å². The van der Waals surface area contributed by atoms with Crippen molar-refractivity contribution in [1.29, 1.82) is 0 Å². The number of carbonyl (C=O) groups is 1. The van der Waals surface area contributed by atoms with Gasteiger partial charge in [0.15, 0.2) is 0 Å².